The fraction of sp³-hybridized carbons (Fsp3) is 0.474. The number of carbonyl (C=O) groups is 1. The number of nitrogens with zero attached hydrogens (tertiary/aromatic N) is 6. The number of nitrogens with one attached hydrogen (secondary N) is 1. The summed E-state index contributed by atoms with van der Waals surface area (Å²) in [5.74, 6) is 0.440. The van der Waals surface area contributed by atoms with Crippen LogP contribution in [0.5, 0.6) is 0 Å². The molecule has 2 saturated heterocycles. The lowest BCUT2D eigenvalue weighted by atomic mass is 10.2. The molecule has 2 fully saturated rings. The minimum absolute atomic E-state index is 0.101. The van der Waals surface area contributed by atoms with Crippen molar-refractivity contribution in [3.05, 3.63) is 35.5 Å². The molecule has 2 aromatic rings. The summed E-state index contributed by atoms with van der Waals surface area (Å²) in [4.78, 5) is 29.7. The van der Waals surface area contributed by atoms with Crippen LogP contribution in [0.1, 0.15) is 6.92 Å². The van der Waals surface area contributed by atoms with Crippen molar-refractivity contribution in [1.29, 1.82) is 0 Å². The third kappa shape index (κ3) is 4.71. The normalized spacial score (nSPS) is 19.3. The summed E-state index contributed by atoms with van der Waals surface area (Å²) in [5, 5.41) is 3.13. The minimum Gasteiger partial charge on any atom is -0.354 e. The fourth-order valence-electron chi connectivity index (χ4n) is 3.53. The van der Waals surface area contributed by atoms with E-state index in [1.54, 1.807) is 18.5 Å². The van der Waals surface area contributed by atoms with E-state index in [1.165, 1.54) is 13.0 Å². The Bertz CT molecular complexity index is 910. The van der Waals surface area contributed by atoms with Crippen LogP contribution in [0, 0.1) is 5.82 Å². The zero-order valence-corrected chi connectivity index (χ0v) is 17.3. The fourth-order valence-corrected chi connectivity index (χ4v) is 3.66. The molecule has 11 heteroatoms. The third-order valence-electron chi connectivity index (χ3n) is 5.11. The van der Waals surface area contributed by atoms with Crippen molar-refractivity contribution in [2.45, 2.75) is 13.0 Å². The van der Waals surface area contributed by atoms with Crippen LogP contribution in [0.3, 0.4) is 0 Å². The maximum Gasteiger partial charge on any atom is 0.226 e. The molecule has 4 rings (SSSR count). The topological polar surface area (TPSA) is 86.7 Å². The number of ether oxygens (including phenoxy) is 1. The first-order valence-corrected chi connectivity index (χ1v) is 10.1. The Morgan fingerprint density at radius 1 is 1.27 bits per heavy atom. The van der Waals surface area contributed by atoms with E-state index in [1.807, 2.05) is 14.7 Å². The molecule has 1 amide bonds. The first-order valence-electron chi connectivity index (χ1n) is 9.74. The van der Waals surface area contributed by atoms with Gasteiger partial charge in [0.2, 0.25) is 11.9 Å². The molecule has 0 radical (unpaired) electrons. The summed E-state index contributed by atoms with van der Waals surface area (Å²) < 4.78 is 20.5. The van der Waals surface area contributed by atoms with Gasteiger partial charge >= 0.3 is 0 Å². The van der Waals surface area contributed by atoms with Crippen molar-refractivity contribution in [3.8, 4) is 0 Å². The maximum absolute atomic E-state index is 14.8. The Labute approximate surface area is 178 Å². The van der Waals surface area contributed by atoms with Crippen LogP contribution < -0.4 is 20.0 Å². The number of rotatable bonds is 5. The molecule has 2 aliphatic heterocycles. The molecule has 2 aromatic heterocycles. The highest BCUT2D eigenvalue weighted by Crippen LogP contribution is 2.26. The van der Waals surface area contributed by atoms with Crippen molar-refractivity contribution < 1.29 is 13.9 Å². The molecule has 0 aliphatic carbocycles. The van der Waals surface area contributed by atoms with Crippen LogP contribution in [0.15, 0.2) is 24.5 Å². The standard InChI is InChI=1S/C19H23ClFN7O2/c1-13(29)23-10-15-11-28(12-30-15)14-8-16(21)18(24-9-14)26-4-6-27(7-5-26)19-22-3-2-17(20)25-19/h2-3,8-9,15H,4-7,10-12H2,1H3,(H,23,29). The van der Waals surface area contributed by atoms with Crippen LogP contribution in [0.2, 0.25) is 5.15 Å². The number of halogens is 2. The Morgan fingerprint density at radius 3 is 2.73 bits per heavy atom. The van der Waals surface area contributed by atoms with Gasteiger partial charge in [-0.2, -0.15) is 0 Å². The van der Waals surface area contributed by atoms with Crippen LogP contribution in [0.25, 0.3) is 0 Å². The number of amides is 1. The summed E-state index contributed by atoms with van der Waals surface area (Å²) in [5.41, 5.74) is 0.660. The van der Waals surface area contributed by atoms with Crippen LogP contribution >= 0.6 is 11.6 Å². The second-order valence-electron chi connectivity index (χ2n) is 7.23. The lowest BCUT2D eigenvalue weighted by molar-refractivity contribution is -0.119. The first-order chi connectivity index (χ1) is 14.5. The van der Waals surface area contributed by atoms with E-state index in [0.29, 0.717) is 68.6 Å². The van der Waals surface area contributed by atoms with Gasteiger partial charge in [-0.25, -0.2) is 19.3 Å². The Balaban J connectivity index is 1.36. The van der Waals surface area contributed by atoms with Crippen molar-refractivity contribution in [1.82, 2.24) is 20.3 Å². The zero-order valence-electron chi connectivity index (χ0n) is 16.6. The summed E-state index contributed by atoms with van der Waals surface area (Å²) in [6.45, 7) is 5.30. The van der Waals surface area contributed by atoms with E-state index in [0.717, 1.165) is 0 Å². The number of hydrogen-bond donors (Lipinski definition) is 1. The summed E-state index contributed by atoms with van der Waals surface area (Å²) in [7, 11) is 0. The van der Waals surface area contributed by atoms with E-state index in [4.69, 9.17) is 16.3 Å². The maximum atomic E-state index is 14.8. The largest absolute Gasteiger partial charge is 0.354 e. The summed E-state index contributed by atoms with van der Waals surface area (Å²) >= 11 is 5.94. The molecule has 9 nitrogen and oxygen atoms in total. The van der Waals surface area contributed by atoms with Crippen LogP contribution in [-0.2, 0) is 9.53 Å². The van der Waals surface area contributed by atoms with Gasteiger partial charge in [0.15, 0.2) is 11.6 Å². The van der Waals surface area contributed by atoms with Gasteiger partial charge in [-0.1, -0.05) is 11.6 Å². The van der Waals surface area contributed by atoms with Crippen molar-refractivity contribution in [2.75, 3.05) is 60.7 Å². The highest BCUT2D eigenvalue weighted by Gasteiger charge is 2.26. The van der Waals surface area contributed by atoms with Gasteiger partial charge in [-0.05, 0) is 6.07 Å². The Morgan fingerprint density at radius 2 is 2.03 bits per heavy atom. The van der Waals surface area contributed by atoms with Gasteiger partial charge < -0.3 is 24.8 Å². The summed E-state index contributed by atoms with van der Waals surface area (Å²) in [6, 6.07) is 3.12. The molecule has 1 N–H and O–H groups in total. The Hall–Kier alpha value is -2.72. The number of anilines is 3. The molecule has 160 valence electrons. The lowest BCUT2D eigenvalue weighted by Gasteiger charge is -2.35. The molecule has 2 aliphatic rings. The lowest BCUT2D eigenvalue weighted by Crippen LogP contribution is -2.47. The number of carbonyl (C=O) groups excluding carboxylic acids is 1. The van der Waals surface area contributed by atoms with E-state index < -0.39 is 0 Å². The van der Waals surface area contributed by atoms with Gasteiger partial charge in [0, 0.05) is 58.5 Å². The van der Waals surface area contributed by atoms with Crippen LogP contribution in [-0.4, -0.2) is 73.0 Å². The van der Waals surface area contributed by atoms with Gasteiger partial charge in [0.1, 0.15) is 11.9 Å². The average molecular weight is 436 g/mol. The average Bonchev–Trinajstić information content (AvgIpc) is 3.21. The monoisotopic (exact) mass is 435 g/mol. The quantitative estimate of drug-likeness (QED) is 0.703. The second kappa shape index (κ2) is 8.97. The molecule has 0 aromatic carbocycles. The molecule has 4 heterocycles. The highest BCUT2D eigenvalue weighted by molar-refractivity contribution is 6.29. The molecule has 0 bridgehead atoms. The molecule has 30 heavy (non-hydrogen) atoms. The van der Waals surface area contributed by atoms with Crippen LogP contribution in [0.4, 0.5) is 21.8 Å². The van der Waals surface area contributed by atoms with E-state index >= 15 is 0 Å². The summed E-state index contributed by atoms with van der Waals surface area (Å²) in [6.07, 6.45) is 3.16. The van der Waals surface area contributed by atoms with Crippen molar-refractivity contribution >= 4 is 35.0 Å². The zero-order chi connectivity index (χ0) is 21.1. The van der Waals surface area contributed by atoms with E-state index in [9.17, 15) is 9.18 Å². The van der Waals surface area contributed by atoms with Gasteiger partial charge in [-0.3, -0.25) is 4.79 Å². The SMILES string of the molecule is CC(=O)NCC1CN(c2cnc(N3CCN(c4nccc(Cl)n4)CC3)c(F)c2)CO1. The molecular formula is C19H23ClFN7O2. The number of aromatic nitrogens is 3. The molecule has 1 atom stereocenters. The van der Waals surface area contributed by atoms with Gasteiger partial charge in [-0.15, -0.1) is 0 Å². The molecule has 0 spiro atoms. The first kappa shape index (κ1) is 20.5. The molecule has 1 unspecified atom stereocenters. The van der Waals surface area contributed by atoms with E-state index in [-0.39, 0.29) is 17.8 Å². The highest BCUT2D eigenvalue weighted by atomic mass is 35.5. The smallest absolute Gasteiger partial charge is 0.226 e. The number of pyridine rings is 1. The Kier molecular flexibility index (Phi) is 6.14. The van der Waals surface area contributed by atoms with Gasteiger partial charge in [0.05, 0.1) is 18.0 Å². The predicted octanol–water partition coefficient (Wildman–Crippen LogP) is 1.29. The van der Waals surface area contributed by atoms with E-state index in [2.05, 4.69) is 20.3 Å². The van der Waals surface area contributed by atoms with Gasteiger partial charge in [0.25, 0.3) is 0 Å². The third-order valence-corrected chi connectivity index (χ3v) is 5.32. The second-order valence-corrected chi connectivity index (χ2v) is 7.62. The minimum atomic E-state index is -0.370. The van der Waals surface area contributed by atoms with Crippen molar-refractivity contribution in [3.63, 3.8) is 0 Å². The molecular weight excluding hydrogens is 413 g/mol. The number of piperazine rings is 1. The number of hydrogen-bond acceptors (Lipinski definition) is 8. The molecule has 0 saturated carbocycles. The predicted molar refractivity (Wildman–Crippen MR) is 111 cm³/mol. The van der Waals surface area contributed by atoms with Crippen molar-refractivity contribution in [2.24, 2.45) is 0 Å².